The van der Waals surface area contributed by atoms with Gasteiger partial charge >= 0.3 is 19.4 Å². The summed E-state index contributed by atoms with van der Waals surface area (Å²) in [7, 11) is -2.83. The van der Waals surface area contributed by atoms with Crippen LogP contribution in [-0.4, -0.2) is 41.4 Å². The highest BCUT2D eigenvalue weighted by atomic mass is 31.2. The number of aromatic amines is 1. The molecule has 0 amide bonds. The second-order valence-electron chi connectivity index (χ2n) is 8.14. The smallest absolute Gasteiger partial charge is 0.459 e. The van der Waals surface area contributed by atoms with Crippen molar-refractivity contribution in [3.8, 4) is 5.75 Å². The van der Waals surface area contributed by atoms with Crippen molar-refractivity contribution in [2.75, 3.05) is 13.7 Å². The van der Waals surface area contributed by atoms with Crippen molar-refractivity contribution in [2.24, 2.45) is 5.92 Å². The molecule has 0 aliphatic carbocycles. The Balaban J connectivity index is 1.76. The fourth-order valence-electron chi connectivity index (χ4n) is 3.34. The SMILES string of the molecule is CC[C@H](C)[C@H](NP(=O)(OC[C@@H]1C=C[C@H](n2cc(C)c(=O)[nH]c2=O)O1)Oc1ccccc1)C(=O)OC. The average Bonchev–Trinajstić information content (AvgIpc) is 3.32. The van der Waals surface area contributed by atoms with E-state index in [-0.39, 0.29) is 18.3 Å². The van der Waals surface area contributed by atoms with Crippen LogP contribution in [0.4, 0.5) is 0 Å². The fourth-order valence-corrected chi connectivity index (χ4v) is 4.97. The lowest BCUT2D eigenvalue weighted by Crippen LogP contribution is -2.42. The van der Waals surface area contributed by atoms with Gasteiger partial charge in [-0.05, 0) is 31.1 Å². The van der Waals surface area contributed by atoms with Crippen molar-refractivity contribution in [3.63, 3.8) is 0 Å². The Bertz CT molecular complexity index is 1210. The molecule has 35 heavy (non-hydrogen) atoms. The summed E-state index contributed by atoms with van der Waals surface area (Å²) in [5.74, 6) is -0.530. The predicted octanol–water partition coefficient (Wildman–Crippen LogP) is 2.68. The minimum absolute atomic E-state index is 0.199. The number of hydrogen-bond donors (Lipinski definition) is 2. The van der Waals surface area contributed by atoms with Crippen LogP contribution in [0, 0.1) is 12.8 Å². The quantitative estimate of drug-likeness (QED) is 0.267. The van der Waals surface area contributed by atoms with Crippen molar-refractivity contribution in [2.45, 2.75) is 45.6 Å². The second-order valence-corrected chi connectivity index (χ2v) is 9.84. The highest BCUT2D eigenvalue weighted by Gasteiger charge is 2.37. The summed E-state index contributed by atoms with van der Waals surface area (Å²) in [6.07, 6.45) is 3.83. The molecular weight excluding hydrogens is 477 g/mol. The number of nitrogens with zero attached hydrogens (tertiary/aromatic N) is 1. The van der Waals surface area contributed by atoms with Gasteiger partial charge in [0.2, 0.25) is 0 Å². The standard InChI is InChI=1S/C23H30N3O8P/c1-5-15(2)20(22(28)31-4)25-35(30,34-17-9-7-6-8-10-17)32-14-18-11-12-19(33-18)26-13-16(3)21(27)24-23(26)29/h6-13,15,18-20H,5,14H2,1-4H3,(H,25,30)(H,24,27,29)/t15-,18-,19+,20-,35?/m0/s1. The first kappa shape index (κ1) is 26.6. The van der Waals surface area contributed by atoms with Crippen LogP contribution >= 0.6 is 7.75 Å². The number of carbonyl (C=O) groups excluding carboxylic acids is 1. The molecule has 2 N–H and O–H groups in total. The first-order valence-corrected chi connectivity index (χ1v) is 12.7. The third-order valence-corrected chi connectivity index (χ3v) is 7.10. The fraction of sp³-hybridized carbons (Fsp3) is 0.435. The molecule has 5 atom stereocenters. The van der Waals surface area contributed by atoms with Crippen LogP contribution in [0.25, 0.3) is 0 Å². The Morgan fingerprint density at radius 2 is 1.97 bits per heavy atom. The lowest BCUT2D eigenvalue weighted by molar-refractivity contribution is -0.144. The molecule has 1 aromatic carbocycles. The molecular formula is C23H30N3O8P. The molecule has 0 bridgehead atoms. The Morgan fingerprint density at radius 3 is 2.63 bits per heavy atom. The van der Waals surface area contributed by atoms with Crippen LogP contribution in [0.2, 0.25) is 0 Å². The number of para-hydroxylation sites is 1. The van der Waals surface area contributed by atoms with Crippen LogP contribution in [0.15, 0.2) is 58.3 Å². The van der Waals surface area contributed by atoms with E-state index in [4.69, 9.17) is 18.5 Å². The summed E-state index contributed by atoms with van der Waals surface area (Å²) >= 11 is 0. The number of esters is 1. The number of H-pyrrole nitrogens is 1. The molecule has 0 saturated carbocycles. The number of aryl methyl sites for hydroxylation is 1. The van der Waals surface area contributed by atoms with E-state index >= 15 is 0 Å². The monoisotopic (exact) mass is 507 g/mol. The first-order valence-electron chi connectivity index (χ1n) is 11.2. The van der Waals surface area contributed by atoms with E-state index in [1.54, 1.807) is 49.4 Å². The number of ether oxygens (including phenoxy) is 2. The zero-order valence-electron chi connectivity index (χ0n) is 20.0. The number of nitrogens with one attached hydrogen (secondary N) is 2. The van der Waals surface area contributed by atoms with E-state index in [0.717, 1.165) is 0 Å². The highest BCUT2D eigenvalue weighted by molar-refractivity contribution is 7.52. The molecule has 0 fully saturated rings. The van der Waals surface area contributed by atoms with E-state index in [1.165, 1.54) is 17.9 Å². The number of rotatable bonds is 11. The number of carbonyl (C=O) groups is 1. The lowest BCUT2D eigenvalue weighted by atomic mass is 10.0. The van der Waals surface area contributed by atoms with Gasteiger partial charge in [-0.1, -0.05) is 44.5 Å². The summed E-state index contributed by atoms with van der Waals surface area (Å²) in [5.41, 5.74) is -0.740. The lowest BCUT2D eigenvalue weighted by Gasteiger charge is -2.27. The van der Waals surface area contributed by atoms with E-state index in [0.29, 0.717) is 12.0 Å². The maximum Gasteiger partial charge on any atom is 0.459 e. The van der Waals surface area contributed by atoms with E-state index in [9.17, 15) is 18.9 Å². The van der Waals surface area contributed by atoms with E-state index < -0.39 is 43.3 Å². The third-order valence-electron chi connectivity index (χ3n) is 5.57. The Kier molecular flexibility index (Phi) is 8.85. The van der Waals surface area contributed by atoms with Crippen molar-refractivity contribution in [1.82, 2.24) is 14.6 Å². The molecule has 0 saturated heterocycles. The number of benzene rings is 1. The van der Waals surface area contributed by atoms with E-state index in [2.05, 4.69) is 10.1 Å². The minimum Gasteiger partial charge on any atom is -0.468 e. The van der Waals surface area contributed by atoms with Crippen LogP contribution < -0.4 is 20.9 Å². The van der Waals surface area contributed by atoms with Gasteiger partial charge in [-0.3, -0.25) is 23.7 Å². The van der Waals surface area contributed by atoms with Crippen LogP contribution in [0.5, 0.6) is 5.75 Å². The van der Waals surface area contributed by atoms with Crippen LogP contribution in [0.1, 0.15) is 32.1 Å². The van der Waals surface area contributed by atoms with Gasteiger partial charge in [-0.2, -0.15) is 5.09 Å². The molecule has 190 valence electrons. The van der Waals surface area contributed by atoms with Crippen LogP contribution in [0.3, 0.4) is 0 Å². The third kappa shape index (κ3) is 6.79. The zero-order valence-corrected chi connectivity index (χ0v) is 20.9. The van der Waals surface area contributed by atoms with Gasteiger partial charge in [0.1, 0.15) is 17.9 Å². The number of aromatic nitrogens is 2. The molecule has 2 heterocycles. The van der Waals surface area contributed by atoms with Crippen molar-refractivity contribution >= 4 is 13.7 Å². The Morgan fingerprint density at radius 1 is 1.26 bits per heavy atom. The molecule has 12 heteroatoms. The molecule has 3 rings (SSSR count). The van der Waals surface area contributed by atoms with Crippen molar-refractivity contribution in [1.29, 1.82) is 0 Å². The summed E-state index contributed by atoms with van der Waals surface area (Å²) in [5, 5.41) is 2.73. The molecule has 2 aromatic rings. The highest BCUT2D eigenvalue weighted by Crippen LogP contribution is 2.46. The van der Waals surface area contributed by atoms with Crippen molar-refractivity contribution < 1.29 is 27.9 Å². The van der Waals surface area contributed by atoms with Gasteiger partial charge in [-0.25, -0.2) is 9.36 Å². The molecule has 1 aliphatic rings. The zero-order chi connectivity index (χ0) is 25.6. The second kappa shape index (κ2) is 11.6. The molecule has 0 spiro atoms. The first-order chi connectivity index (χ1) is 16.7. The normalized spacial score (nSPS) is 20.7. The van der Waals surface area contributed by atoms with Crippen LogP contribution in [-0.2, 0) is 23.4 Å². The van der Waals surface area contributed by atoms with Gasteiger partial charge in [-0.15, -0.1) is 0 Å². The minimum atomic E-state index is -4.08. The van der Waals surface area contributed by atoms with E-state index in [1.807, 2.05) is 13.8 Å². The summed E-state index contributed by atoms with van der Waals surface area (Å²) in [6.45, 7) is 5.09. The number of methoxy groups -OCH3 is 1. The summed E-state index contributed by atoms with van der Waals surface area (Å²) < 4.78 is 37.0. The summed E-state index contributed by atoms with van der Waals surface area (Å²) in [6, 6.07) is 7.49. The molecule has 11 nitrogen and oxygen atoms in total. The predicted molar refractivity (Wildman–Crippen MR) is 128 cm³/mol. The summed E-state index contributed by atoms with van der Waals surface area (Å²) in [4.78, 5) is 38.4. The molecule has 1 unspecified atom stereocenters. The average molecular weight is 507 g/mol. The maximum atomic E-state index is 13.7. The van der Waals surface area contributed by atoms with Crippen molar-refractivity contribution in [3.05, 3.63) is 75.1 Å². The molecule has 0 radical (unpaired) electrons. The Hall–Kier alpha value is -2.98. The van der Waals surface area contributed by atoms with Gasteiger partial charge in [0, 0.05) is 11.8 Å². The van der Waals surface area contributed by atoms with Gasteiger partial charge in [0.25, 0.3) is 5.56 Å². The van der Waals surface area contributed by atoms with Gasteiger partial charge in [0.15, 0.2) is 6.23 Å². The topological polar surface area (TPSA) is 138 Å². The number of hydrogen-bond acceptors (Lipinski definition) is 8. The Labute approximate surface area is 202 Å². The largest absolute Gasteiger partial charge is 0.468 e. The maximum absolute atomic E-state index is 13.7. The molecule has 1 aliphatic heterocycles. The molecule has 1 aromatic heterocycles. The van der Waals surface area contributed by atoms with Gasteiger partial charge < -0.3 is 14.0 Å². The van der Waals surface area contributed by atoms with Gasteiger partial charge in [0.05, 0.1) is 13.7 Å².